The summed E-state index contributed by atoms with van der Waals surface area (Å²) in [7, 11) is 0. The molecular weight excluding hydrogens is 239 g/mol. The monoisotopic (exact) mass is 244 g/mol. The zero-order chi connectivity index (χ0) is 6.91. The van der Waals surface area contributed by atoms with Crippen molar-refractivity contribution < 1.29 is 9.90 Å². The van der Waals surface area contributed by atoms with E-state index in [0.29, 0.717) is 6.42 Å². The number of halogens is 2. The Kier molecular flexibility index (Phi) is 3.76. The molecule has 1 heterocycles. The van der Waals surface area contributed by atoms with Gasteiger partial charge in [-0.15, -0.1) is 24.2 Å². The first kappa shape index (κ1) is 10.3. The summed E-state index contributed by atoms with van der Waals surface area (Å²) in [6, 6.07) is 0. The summed E-state index contributed by atoms with van der Waals surface area (Å²) < 4.78 is -0.771. The van der Waals surface area contributed by atoms with E-state index in [1.54, 1.807) is 5.41 Å². The molecule has 0 aromatic heterocycles. The Morgan fingerprint density at radius 1 is 1.80 bits per heavy atom. The second-order valence-corrected chi connectivity index (χ2v) is 4.81. The van der Waals surface area contributed by atoms with Crippen LogP contribution >= 0.6 is 40.1 Å². The summed E-state index contributed by atoms with van der Waals surface area (Å²) in [6.45, 7) is 0. The van der Waals surface area contributed by atoms with Gasteiger partial charge in [-0.2, -0.15) is 0 Å². The molecule has 0 aromatic rings. The number of carbonyl (C=O) groups is 1. The van der Waals surface area contributed by atoms with E-state index in [4.69, 9.17) is 5.11 Å². The van der Waals surface area contributed by atoms with Crippen LogP contribution in [0.25, 0.3) is 0 Å². The third-order valence-corrected chi connectivity index (χ3v) is 3.32. The second-order valence-electron chi connectivity index (χ2n) is 1.73. The van der Waals surface area contributed by atoms with Crippen LogP contribution in [0.3, 0.4) is 0 Å². The first-order chi connectivity index (χ1) is 4.15. The molecule has 1 aliphatic rings. The molecule has 0 amide bonds. The highest BCUT2D eigenvalue weighted by atomic mass is 79.9. The number of carboxylic acid groups (broad SMARTS) is 1. The molecular formula is C5H6BrClO2S. The average Bonchev–Trinajstić information content (AvgIpc) is 2.16. The topological polar surface area (TPSA) is 37.3 Å². The molecule has 0 saturated heterocycles. The Morgan fingerprint density at radius 2 is 2.40 bits per heavy atom. The molecule has 0 fully saturated rings. The third kappa shape index (κ3) is 1.90. The van der Waals surface area contributed by atoms with Crippen molar-refractivity contribution in [1.82, 2.24) is 0 Å². The van der Waals surface area contributed by atoms with Crippen molar-refractivity contribution in [2.24, 2.45) is 0 Å². The lowest BCUT2D eigenvalue weighted by Gasteiger charge is -2.12. The van der Waals surface area contributed by atoms with Crippen molar-refractivity contribution in [2.45, 2.75) is 10.1 Å². The van der Waals surface area contributed by atoms with Crippen LogP contribution in [0.15, 0.2) is 11.5 Å². The SMILES string of the molecule is Cl.O=C(O)C1(Br)CC=CS1. The molecule has 0 saturated carbocycles. The lowest BCUT2D eigenvalue weighted by molar-refractivity contribution is -0.137. The van der Waals surface area contributed by atoms with Gasteiger partial charge in [-0.3, -0.25) is 0 Å². The summed E-state index contributed by atoms with van der Waals surface area (Å²) in [5, 5.41) is 10.4. The summed E-state index contributed by atoms with van der Waals surface area (Å²) in [5.74, 6) is -0.808. The van der Waals surface area contributed by atoms with E-state index >= 15 is 0 Å². The van der Waals surface area contributed by atoms with Crippen molar-refractivity contribution in [3.05, 3.63) is 11.5 Å². The maximum Gasteiger partial charge on any atom is 0.331 e. The Morgan fingerprint density at radius 3 is 2.60 bits per heavy atom. The van der Waals surface area contributed by atoms with E-state index in [1.807, 2.05) is 6.08 Å². The zero-order valence-corrected chi connectivity index (χ0v) is 8.13. The number of rotatable bonds is 1. The van der Waals surface area contributed by atoms with Crippen molar-refractivity contribution >= 4 is 46.1 Å². The van der Waals surface area contributed by atoms with E-state index in [0.717, 1.165) is 0 Å². The van der Waals surface area contributed by atoms with Crippen molar-refractivity contribution in [3.8, 4) is 0 Å². The van der Waals surface area contributed by atoms with E-state index < -0.39 is 9.63 Å². The van der Waals surface area contributed by atoms with Crippen LogP contribution < -0.4 is 0 Å². The van der Waals surface area contributed by atoms with Crippen molar-refractivity contribution in [3.63, 3.8) is 0 Å². The standard InChI is InChI=1S/C5H5BrO2S.ClH/c6-5(4(7)8)2-1-3-9-5;/h1,3H,2H2,(H,7,8);1H. The summed E-state index contributed by atoms with van der Waals surface area (Å²) in [6.07, 6.45) is 2.40. The Hall–Kier alpha value is 0.330. The summed E-state index contributed by atoms with van der Waals surface area (Å²) in [5.41, 5.74) is 0. The molecule has 1 aliphatic heterocycles. The quantitative estimate of drug-likeness (QED) is 0.720. The van der Waals surface area contributed by atoms with Crippen molar-refractivity contribution in [2.75, 3.05) is 0 Å². The number of hydrogen-bond donors (Lipinski definition) is 1. The van der Waals surface area contributed by atoms with Gasteiger partial charge in [0.25, 0.3) is 0 Å². The molecule has 0 radical (unpaired) electrons. The minimum atomic E-state index is -0.808. The number of allylic oxidation sites excluding steroid dienone is 1. The van der Waals surface area contributed by atoms with Crippen LogP contribution in [0.5, 0.6) is 0 Å². The van der Waals surface area contributed by atoms with E-state index in [1.165, 1.54) is 11.8 Å². The van der Waals surface area contributed by atoms with Gasteiger partial charge in [0.2, 0.25) is 0 Å². The molecule has 0 aliphatic carbocycles. The lowest BCUT2D eigenvalue weighted by Crippen LogP contribution is -2.24. The van der Waals surface area contributed by atoms with Gasteiger partial charge >= 0.3 is 5.97 Å². The number of thioether (sulfide) groups is 1. The number of alkyl halides is 1. The van der Waals surface area contributed by atoms with Gasteiger partial charge in [0.15, 0.2) is 3.66 Å². The van der Waals surface area contributed by atoms with Crippen LogP contribution in [0, 0.1) is 0 Å². The van der Waals surface area contributed by atoms with E-state index in [-0.39, 0.29) is 12.4 Å². The van der Waals surface area contributed by atoms with Gasteiger partial charge in [0, 0.05) is 6.42 Å². The van der Waals surface area contributed by atoms with Crippen molar-refractivity contribution in [1.29, 1.82) is 0 Å². The first-order valence-corrected chi connectivity index (χ1v) is 4.07. The molecule has 1 N–H and O–H groups in total. The molecule has 0 aromatic carbocycles. The number of hydrogen-bond acceptors (Lipinski definition) is 2. The molecule has 0 spiro atoms. The van der Waals surface area contributed by atoms with E-state index in [2.05, 4.69) is 15.9 Å². The minimum absolute atomic E-state index is 0. The van der Waals surface area contributed by atoms with Crippen LogP contribution in [-0.2, 0) is 4.79 Å². The fraction of sp³-hybridized carbons (Fsp3) is 0.400. The van der Waals surface area contributed by atoms with Gasteiger partial charge in [0.05, 0.1) is 0 Å². The predicted molar refractivity (Wildman–Crippen MR) is 47.9 cm³/mol. The average molecular weight is 246 g/mol. The smallest absolute Gasteiger partial charge is 0.331 e. The van der Waals surface area contributed by atoms with Gasteiger partial charge in [0.1, 0.15) is 0 Å². The normalized spacial score (nSPS) is 29.7. The summed E-state index contributed by atoms with van der Waals surface area (Å²) >= 11 is 4.40. The lowest BCUT2D eigenvalue weighted by atomic mass is 10.3. The number of carboxylic acids is 1. The van der Waals surface area contributed by atoms with E-state index in [9.17, 15) is 4.79 Å². The minimum Gasteiger partial charge on any atom is -0.480 e. The van der Waals surface area contributed by atoms with Gasteiger partial charge in [-0.05, 0) is 5.41 Å². The molecule has 2 nitrogen and oxygen atoms in total. The van der Waals surface area contributed by atoms with Crippen LogP contribution in [0.1, 0.15) is 6.42 Å². The molecule has 10 heavy (non-hydrogen) atoms. The molecule has 58 valence electrons. The first-order valence-electron chi connectivity index (χ1n) is 2.40. The Labute approximate surface area is 77.6 Å². The van der Waals surface area contributed by atoms with Crippen LogP contribution in [0.2, 0.25) is 0 Å². The van der Waals surface area contributed by atoms with Crippen LogP contribution in [0.4, 0.5) is 0 Å². The zero-order valence-electron chi connectivity index (χ0n) is 4.91. The Balaban J connectivity index is 0.000000810. The highest BCUT2D eigenvalue weighted by Crippen LogP contribution is 2.41. The van der Waals surface area contributed by atoms with Gasteiger partial charge in [-0.1, -0.05) is 22.0 Å². The maximum atomic E-state index is 10.4. The highest BCUT2D eigenvalue weighted by molar-refractivity contribution is 9.12. The predicted octanol–water partition coefficient (Wildman–Crippen LogP) is 2.23. The number of aliphatic carboxylic acids is 1. The van der Waals surface area contributed by atoms with Gasteiger partial charge < -0.3 is 5.11 Å². The molecule has 1 unspecified atom stereocenters. The Bertz CT molecular complexity index is 163. The molecule has 1 atom stereocenters. The fourth-order valence-corrected chi connectivity index (χ4v) is 1.75. The second kappa shape index (κ2) is 3.64. The largest absolute Gasteiger partial charge is 0.480 e. The maximum absolute atomic E-state index is 10.4. The van der Waals surface area contributed by atoms with Gasteiger partial charge in [-0.25, -0.2) is 4.79 Å². The molecule has 5 heteroatoms. The highest BCUT2D eigenvalue weighted by Gasteiger charge is 2.36. The third-order valence-electron chi connectivity index (χ3n) is 1.05. The molecule has 0 bridgehead atoms. The fourth-order valence-electron chi connectivity index (χ4n) is 0.541. The summed E-state index contributed by atoms with van der Waals surface area (Å²) in [4.78, 5) is 10.4. The van der Waals surface area contributed by atoms with Crippen LogP contribution in [-0.4, -0.2) is 14.7 Å². The molecule has 1 rings (SSSR count).